The first-order valence-corrected chi connectivity index (χ1v) is 11.8. The summed E-state index contributed by atoms with van der Waals surface area (Å²) >= 11 is 0. The van der Waals surface area contributed by atoms with E-state index in [9.17, 15) is 8.78 Å². The van der Waals surface area contributed by atoms with Crippen molar-refractivity contribution in [3.63, 3.8) is 0 Å². The fraction of sp³-hybridized carbons (Fsp3) is 0.357. The standard InChI is InChI=1S/C28H32F2N2O/c29-26-12-8-24(9-13-26)28(25-10-14-27(30)15-11-25)33-22-21-32-19-17-31(18-20-32)16-4-7-23-5-2-1-3-6-23/h1-3,5-6,8-15,28H,4,7,16-22H2/i29-1. The van der Waals surface area contributed by atoms with Gasteiger partial charge in [0.25, 0.3) is 0 Å². The van der Waals surface area contributed by atoms with Gasteiger partial charge in [-0.25, -0.2) is 8.78 Å². The molecule has 1 aliphatic heterocycles. The first kappa shape index (κ1) is 23.6. The normalized spacial score (nSPS) is 16.1. The molecule has 0 aliphatic carbocycles. The highest BCUT2D eigenvalue weighted by molar-refractivity contribution is 5.30. The van der Waals surface area contributed by atoms with Crippen molar-refractivity contribution < 1.29 is 13.5 Å². The molecule has 1 unspecified atom stereocenters. The number of ether oxygens (including phenoxy) is 1. The van der Waals surface area contributed by atoms with Crippen molar-refractivity contribution in [3.05, 3.63) is 107 Å². The van der Waals surface area contributed by atoms with E-state index in [1.54, 1.807) is 24.3 Å². The Kier molecular flexibility index (Phi) is 8.59. The molecule has 4 rings (SSSR count). The molecular formula is C28H32F2N2O. The molecule has 0 amide bonds. The fourth-order valence-corrected chi connectivity index (χ4v) is 4.35. The fourth-order valence-electron chi connectivity index (χ4n) is 4.35. The zero-order chi connectivity index (χ0) is 22.9. The van der Waals surface area contributed by atoms with Gasteiger partial charge in [0.1, 0.15) is 17.7 Å². The lowest BCUT2D eigenvalue weighted by atomic mass is 10.0. The maximum absolute atomic E-state index is 13.4. The Hall–Kier alpha value is -2.60. The summed E-state index contributed by atoms with van der Waals surface area (Å²) < 4.78 is 33.0. The monoisotopic (exact) mass is 449 g/mol. The third-order valence-electron chi connectivity index (χ3n) is 6.29. The van der Waals surface area contributed by atoms with E-state index in [1.165, 1.54) is 36.2 Å². The minimum atomic E-state index is -0.342. The number of piperazine rings is 1. The molecular weight excluding hydrogens is 417 g/mol. The first-order chi connectivity index (χ1) is 16.2. The van der Waals surface area contributed by atoms with Gasteiger partial charge in [-0.05, 0) is 60.3 Å². The molecule has 0 N–H and O–H groups in total. The average molecular weight is 450 g/mol. The zero-order valence-corrected chi connectivity index (χ0v) is 19.0. The van der Waals surface area contributed by atoms with E-state index in [4.69, 9.17) is 4.74 Å². The number of aryl methyl sites for hydroxylation is 1. The van der Waals surface area contributed by atoms with E-state index >= 15 is 0 Å². The van der Waals surface area contributed by atoms with Gasteiger partial charge < -0.3 is 9.64 Å². The van der Waals surface area contributed by atoms with Crippen molar-refractivity contribution >= 4 is 0 Å². The van der Waals surface area contributed by atoms with Crippen LogP contribution in [0.2, 0.25) is 0 Å². The lowest BCUT2D eigenvalue weighted by Crippen LogP contribution is -2.47. The summed E-state index contributed by atoms with van der Waals surface area (Å²) in [4.78, 5) is 4.97. The largest absolute Gasteiger partial charge is 0.367 e. The van der Waals surface area contributed by atoms with Gasteiger partial charge in [0, 0.05) is 32.7 Å². The van der Waals surface area contributed by atoms with Crippen LogP contribution in [-0.4, -0.2) is 55.7 Å². The smallest absolute Gasteiger partial charge is 0.123 e. The summed E-state index contributed by atoms with van der Waals surface area (Å²) in [6, 6.07) is 23.3. The highest BCUT2D eigenvalue weighted by Crippen LogP contribution is 2.26. The summed E-state index contributed by atoms with van der Waals surface area (Å²) in [5.74, 6) is -0.559. The Morgan fingerprint density at radius 1 is 0.667 bits per heavy atom. The third-order valence-corrected chi connectivity index (χ3v) is 6.29. The molecule has 0 bridgehead atoms. The molecule has 3 aromatic carbocycles. The van der Waals surface area contributed by atoms with E-state index in [1.807, 2.05) is 0 Å². The predicted octanol–water partition coefficient (Wildman–Crippen LogP) is 5.32. The van der Waals surface area contributed by atoms with Gasteiger partial charge in [0.05, 0.1) is 6.61 Å². The van der Waals surface area contributed by atoms with Crippen LogP contribution in [-0.2, 0) is 11.2 Å². The number of halogens is 2. The van der Waals surface area contributed by atoms with Gasteiger partial charge >= 0.3 is 0 Å². The SMILES string of the molecule is Fc1ccc(C(OCCN2CCN(CCCc3ccccc3)CC2)c2ccc([18F])cc2)cc1. The summed E-state index contributed by atoms with van der Waals surface area (Å²) in [6.07, 6.45) is 1.97. The molecule has 5 heteroatoms. The van der Waals surface area contributed by atoms with Gasteiger partial charge in [-0.15, -0.1) is 0 Å². The highest BCUT2D eigenvalue weighted by atomic mass is 19.1. The van der Waals surface area contributed by atoms with Gasteiger partial charge in [0.2, 0.25) is 0 Å². The van der Waals surface area contributed by atoms with Crippen LogP contribution < -0.4 is 0 Å². The molecule has 0 aromatic heterocycles. The van der Waals surface area contributed by atoms with Crippen LogP contribution in [0.1, 0.15) is 29.2 Å². The quantitative estimate of drug-likeness (QED) is 0.417. The third kappa shape index (κ3) is 7.19. The zero-order valence-electron chi connectivity index (χ0n) is 19.0. The molecule has 0 radical (unpaired) electrons. The van der Waals surface area contributed by atoms with Gasteiger partial charge in [0.15, 0.2) is 0 Å². The molecule has 0 spiro atoms. The minimum absolute atomic E-state index is 0.279. The molecule has 0 saturated carbocycles. The van der Waals surface area contributed by atoms with Crippen molar-refractivity contribution in [1.29, 1.82) is 0 Å². The van der Waals surface area contributed by atoms with E-state index in [2.05, 4.69) is 40.1 Å². The first-order valence-electron chi connectivity index (χ1n) is 11.8. The molecule has 1 heterocycles. The summed E-state index contributed by atoms with van der Waals surface area (Å²) in [7, 11) is 0. The van der Waals surface area contributed by atoms with Crippen LogP contribution in [0.3, 0.4) is 0 Å². The van der Waals surface area contributed by atoms with Crippen LogP contribution >= 0.6 is 0 Å². The van der Waals surface area contributed by atoms with Crippen molar-refractivity contribution in [2.24, 2.45) is 0 Å². The molecule has 1 saturated heterocycles. The van der Waals surface area contributed by atoms with Crippen molar-refractivity contribution in [1.82, 2.24) is 9.80 Å². The highest BCUT2D eigenvalue weighted by Gasteiger charge is 2.19. The molecule has 174 valence electrons. The Morgan fingerprint density at radius 3 is 1.73 bits per heavy atom. The second-order valence-electron chi connectivity index (χ2n) is 8.63. The van der Waals surface area contributed by atoms with Crippen molar-refractivity contribution in [2.45, 2.75) is 18.9 Å². The molecule has 33 heavy (non-hydrogen) atoms. The molecule has 1 atom stereocenters. The molecule has 1 aliphatic rings. The average Bonchev–Trinajstić information content (AvgIpc) is 2.85. The number of benzene rings is 3. The van der Waals surface area contributed by atoms with Gasteiger partial charge in [-0.3, -0.25) is 4.90 Å². The Bertz CT molecular complexity index is 910. The summed E-state index contributed by atoms with van der Waals surface area (Å²) in [6.45, 7) is 6.77. The number of hydrogen-bond acceptors (Lipinski definition) is 3. The second-order valence-corrected chi connectivity index (χ2v) is 8.63. The Balaban J connectivity index is 1.22. The van der Waals surface area contributed by atoms with Crippen molar-refractivity contribution in [3.8, 4) is 0 Å². The van der Waals surface area contributed by atoms with E-state index in [-0.39, 0.29) is 17.7 Å². The lowest BCUT2D eigenvalue weighted by Gasteiger charge is -2.35. The van der Waals surface area contributed by atoms with E-state index in [0.29, 0.717) is 6.61 Å². The van der Waals surface area contributed by atoms with Crippen molar-refractivity contribution in [2.75, 3.05) is 45.9 Å². The van der Waals surface area contributed by atoms with Crippen LogP contribution in [0.25, 0.3) is 0 Å². The molecule has 3 aromatic rings. The van der Waals surface area contributed by atoms with Crippen LogP contribution in [0, 0.1) is 11.6 Å². The predicted molar refractivity (Wildman–Crippen MR) is 128 cm³/mol. The Morgan fingerprint density at radius 2 is 1.18 bits per heavy atom. The maximum Gasteiger partial charge on any atom is 0.123 e. The summed E-state index contributed by atoms with van der Waals surface area (Å²) in [5, 5.41) is 0. The minimum Gasteiger partial charge on any atom is -0.367 e. The Labute approximate surface area is 195 Å². The molecule has 1 fully saturated rings. The summed E-state index contributed by atoms with van der Waals surface area (Å²) in [5.41, 5.74) is 3.14. The van der Waals surface area contributed by atoms with Gasteiger partial charge in [-0.1, -0.05) is 54.6 Å². The molecule has 3 nitrogen and oxygen atoms in total. The van der Waals surface area contributed by atoms with E-state index in [0.717, 1.165) is 56.8 Å². The van der Waals surface area contributed by atoms with Crippen LogP contribution in [0.15, 0.2) is 78.9 Å². The van der Waals surface area contributed by atoms with E-state index < -0.39 is 0 Å². The van der Waals surface area contributed by atoms with Gasteiger partial charge in [-0.2, -0.15) is 0 Å². The van der Waals surface area contributed by atoms with Crippen LogP contribution in [0.4, 0.5) is 8.78 Å². The topological polar surface area (TPSA) is 15.7 Å². The maximum atomic E-state index is 13.4. The second kappa shape index (κ2) is 12.0. The van der Waals surface area contributed by atoms with Crippen LogP contribution in [0.5, 0.6) is 0 Å². The lowest BCUT2D eigenvalue weighted by molar-refractivity contribution is 0.0451. The number of hydrogen-bond donors (Lipinski definition) is 0. The number of nitrogens with zero attached hydrogens (tertiary/aromatic N) is 2. The number of rotatable bonds is 10.